The predicted molar refractivity (Wildman–Crippen MR) is 258 cm³/mol. The van der Waals surface area contributed by atoms with Crippen LogP contribution >= 0.6 is 0 Å². The van der Waals surface area contributed by atoms with E-state index in [1.807, 2.05) is 0 Å². The topological polar surface area (TPSA) is 6.48 Å². The summed E-state index contributed by atoms with van der Waals surface area (Å²) >= 11 is 0. The number of fused-ring (bicyclic) bond motifs is 6. The summed E-state index contributed by atoms with van der Waals surface area (Å²) in [7, 11) is 0. The van der Waals surface area contributed by atoms with Crippen molar-refractivity contribution >= 4 is 44.9 Å². The summed E-state index contributed by atoms with van der Waals surface area (Å²) < 4.78 is 0. The maximum atomic E-state index is 2.62. The molecule has 0 aromatic heterocycles. The molecule has 2 heteroatoms. The van der Waals surface area contributed by atoms with Crippen molar-refractivity contribution in [2.75, 3.05) is 9.80 Å². The van der Waals surface area contributed by atoms with Crippen LogP contribution in [0, 0.1) is 11.8 Å². The van der Waals surface area contributed by atoms with Crippen molar-refractivity contribution in [3.05, 3.63) is 240 Å². The first-order valence-electron chi connectivity index (χ1n) is 22.5. The van der Waals surface area contributed by atoms with Gasteiger partial charge in [-0.15, -0.1) is 0 Å². The van der Waals surface area contributed by atoms with E-state index in [9.17, 15) is 0 Å². The van der Waals surface area contributed by atoms with Gasteiger partial charge < -0.3 is 9.80 Å². The largest absolute Gasteiger partial charge is 0.310 e. The first kappa shape index (κ1) is 35.6. The maximum Gasteiger partial charge on any atom is 0.0546 e. The molecule has 1 spiro atoms. The zero-order valence-electron chi connectivity index (χ0n) is 34.7. The molecule has 1 fully saturated rings. The Hall–Kier alpha value is -7.16. The zero-order chi connectivity index (χ0) is 40.8. The van der Waals surface area contributed by atoms with Crippen molar-refractivity contribution in [1.82, 2.24) is 0 Å². The second kappa shape index (κ2) is 13.9. The lowest BCUT2D eigenvalue weighted by atomic mass is 9.68. The summed E-state index contributed by atoms with van der Waals surface area (Å²) in [6.07, 6.45) is 5.65. The molecule has 0 radical (unpaired) electrons. The minimum absolute atomic E-state index is 0.144. The monoisotopic (exact) mass is 794 g/mol. The summed E-state index contributed by atoms with van der Waals surface area (Å²) in [5, 5.41) is 2.50. The van der Waals surface area contributed by atoms with Gasteiger partial charge in [0.05, 0.1) is 17.1 Å². The Morgan fingerprint density at radius 1 is 0.355 bits per heavy atom. The number of benzene rings is 9. The van der Waals surface area contributed by atoms with Gasteiger partial charge in [-0.1, -0.05) is 146 Å². The van der Waals surface area contributed by atoms with Gasteiger partial charge in [-0.2, -0.15) is 0 Å². The quantitative estimate of drug-likeness (QED) is 0.159. The van der Waals surface area contributed by atoms with Gasteiger partial charge in [-0.25, -0.2) is 0 Å². The number of para-hydroxylation sites is 2. The fourth-order valence-electron chi connectivity index (χ4n) is 12.6. The molecule has 0 saturated heterocycles. The average molecular weight is 795 g/mol. The van der Waals surface area contributed by atoms with Crippen LogP contribution in [0.5, 0.6) is 0 Å². The highest BCUT2D eigenvalue weighted by atomic mass is 15.2. The van der Waals surface area contributed by atoms with E-state index in [-0.39, 0.29) is 5.41 Å². The van der Waals surface area contributed by atoms with Crippen molar-refractivity contribution in [2.45, 2.75) is 37.5 Å². The van der Waals surface area contributed by atoms with E-state index in [1.165, 1.54) is 108 Å². The lowest BCUT2D eigenvalue weighted by Crippen LogP contribution is -2.34. The van der Waals surface area contributed by atoms with Crippen molar-refractivity contribution in [3.63, 3.8) is 0 Å². The summed E-state index contributed by atoms with van der Waals surface area (Å²) in [4.78, 5) is 5.22. The molecular weight excluding hydrogens is 749 g/mol. The highest BCUT2D eigenvalue weighted by Gasteiger charge is 2.62. The number of hydrogen-bond donors (Lipinski definition) is 0. The lowest BCUT2D eigenvalue weighted by Gasteiger charge is -2.40. The van der Waals surface area contributed by atoms with E-state index in [0.29, 0.717) is 11.8 Å². The minimum Gasteiger partial charge on any atom is -0.310 e. The molecule has 9 aromatic carbocycles. The molecule has 2 nitrogen and oxygen atoms in total. The first-order valence-corrected chi connectivity index (χ1v) is 22.5. The number of hydrogen-bond acceptors (Lipinski definition) is 2. The van der Waals surface area contributed by atoms with Crippen LogP contribution in [0.4, 0.5) is 34.1 Å². The Bertz CT molecular complexity index is 3180. The van der Waals surface area contributed by atoms with E-state index in [4.69, 9.17) is 0 Å². The van der Waals surface area contributed by atoms with Gasteiger partial charge in [0.15, 0.2) is 0 Å². The van der Waals surface area contributed by atoms with Gasteiger partial charge in [0.2, 0.25) is 0 Å². The first-order chi connectivity index (χ1) is 30.7. The standard InChI is InChI=1S/C60H46N2/c1-4-16-40(17-5-1)54-38-41-18-10-11-19-42(41)39-57(54)62(50-25-8-3-9-26-50)56-29-15-22-45-36-48-31-30-47-35-44-21-14-28-55(58(44)60(47,48)59(45)56)61(49-23-6-2-7-24-49)51-32-33-53-46(37-51)34-43-20-12-13-27-52(43)53/h1-29,32-33,37-39,47-48H,30-31,34-36H2. The van der Waals surface area contributed by atoms with Crippen LogP contribution in [0.25, 0.3) is 33.0 Å². The Labute approximate surface area is 364 Å². The van der Waals surface area contributed by atoms with Crippen molar-refractivity contribution in [1.29, 1.82) is 0 Å². The number of anilines is 6. The van der Waals surface area contributed by atoms with E-state index in [1.54, 1.807) is 5.56 Å². The Morgan fingerprint density at radius 2 is 0.887 bits per heavy atom. The third-order valence-corrected chi connectivity index (χ3v) is 14.9. The van der Waals surface area contributed by atoms with E-state index < -0.39 is 0 Å². The number of nitrogens with zero attached hydrogens (tertiary/aromatic N) is 2. The van der Waals surface area contributed by atoms with Gasteiger partial charge >= 0.3 is 0 Å². The zero-order valence-corrected chi connectivity index (χ0v) is 34.7. The fourth-order valence-corrected chi connectivity index (χ4v) is 12.6. The number of rotatable bonds is 7. The minimum atomic E-state index is -0.144. The van der Waals surface area contributed by atoms with Crippen LogP contribution in [0.2, 0.25) is 0 Å². The summed E-state index contributed by atoms with van der Waals surface area (Å²) in [5.41, 5.74) is 21.4. The Balaban J connectivity index is 1.06. The summed E-state index contributed by atoms with van der Waals surface area (Å²) in [6.45, 7) is 0. The van der Waals surface area contributed by atoms with Gasteiger partial charge in [-0.05, 0) is 165 Å². The third kappa shape index (κ3) is 5.23. The molecule has 0 heterocycles. The average Bonchev–Trinajstić information content (AvgIpc) is 4.07. The molecule has 13 rings (SSSR count). The SMILES string of the molecule is c1ccc(-c2cc3ccccc3cc2N(c2ccccc2)c2cccc3c2C24c5c(cccc5N(c5ccccc5)c5ccc6c(c5)Cc5ccccc5-6)CC2CCC4C3)cc1. The molecule has 0 N–H and O–H groups in total. The second-order valence-electron chi connectivity index (χ2n) is 18.0. The van der Waals surface area contributed by atoms with Crippen LogP contribution in [-0.4, -0.2) is 0 Å². The van der Waals surface area contributed by atoms with Crippen LogP contribution < -0.4 is 9.80 Å². The molecule has 3 atom stereocenters. The Morgan fingerprint density at radius 3 is 1.56 bits per heavy atom. The highest BCUT2D eigenvalue weighted by molar-refractivity contribution is 5.99. The van der Waals surface area contributed by atoms with Gasteiger partial charge in [0.25, 0.3) is 0 Å². The maximum absolute atomic E-state index is 2.62. The molecule has 0 bridgehead atoms. The highest BCUT2D eigenvalue weighted by Crippen LogP contribution is 2.69. The molecule has 4 aliphatic rings. The van der Waals surface area contributed by atoms with Crippen molar-refractivity contribution in [3.8, 4) is 22.3 Å². The van der Waals surface area contributed by atoms with Gasteiger partial charge in [0, 0.05) is 28.0 Å². The van der Waals surface area contributed by atoms with Crippen LogP contribution in [0.15, 0.2) is 206 Å². The molecule has 1 saturated carbocycles. The second-order valence-corrected chi connectivity index (χ2v) is 18.0. The van der Waals surface area contributed by atoms with Gasteiger partial charge in [-0.3, -0.25) is 0 Å². The fraction of sp³-hybridized carbons (Fsp3) is 0.133. The molecule has 4 aliphatic carbocycles. The molecule has 0 amide bonds. The van der Waals surface area contributed by atoms with Crippen LogP contribution in [0.1, 0.15) is 46.2 Å². The van der Waals surface area contributed by atoms with Crippen LogP contribution in [-0.2, 0) is 24.7 Å². The molecule has 0 aliphatic heterocycles. The smallest absolute Gasteiger partial charge is 0.0546 e. The van der Waals surface area contributed by atoms with E-state index in [2.05, 4.69) is 216 Å². The van der Waals surface area contributed by atoms with Crippen LogP contribution in [0.3, 0.4) is 0 Å². The summed E-state index contributed by atoms with van der Waals surface area (Å²) in [6, 6.07) is 77.6. The lowest BCUT2D eigenvalue weighted by molar-refractivity contribution is 0.350. The van der Waals surface area contributed by atoms with Crippen molar-refractivity contribution in [2.24, 2.45) is 11.8 Å². The summed E-state index contributed by atoms with van der Waals surface area (Å²) in [5.74, 6) is 1.03. The molecule has 9 aromatic rings. The van der Waals surface area contributed by atoms with E-state index in [0.717, 1.165) is 19.3 Å². The van der Waals surface area contributed by atoms with Gasteiger partial charge in [0.1, 0.15) is 0 Å². The molecular formula is C60H46N2. The molecule has 3 unspecified atom stereocenters. The van der Waals surface area contributed by atoms with E-state index >= 15 is 0 Å². The molecule has 62 heavy (non-hydrogen) atoms. The third-order valence-electron chi connectivity index (χ3n) is 14.9. The Kier molecular flexibility index (Phi) is 8.00. The normalized spacial score (nSPS) is 18.7. The predicted octanol–water partition coefficient (Wildman–Crippen LogP) is 15.4. The molecule has 296 valence electrons. The van der Waals surface area contributed by atoms with Crippen molar-refractivity contribution < 1.29 is 0 Å².